The van der Waals surface area contributed by atoms with Gasteiger partial charge in [0, 0.05) is 42.2 Å². The number of thiazole rings is 1. The Morgan fingerprint density at radius 2 is 1.88 bits per heavy atom. The van der Waals surface area contributed by atoms with Gasteiger partial charge in [0.25, 0.3) is 11.8 Å². The number of oxime groups is 1. The molecule has 3 aromatic rings. The van der Waals surface area contributed by atoms with Crippen LogP contribution < -0.4 is 16.5 Å². The van der Waals surface area contributed by atoms with Crippen LogP contribution in [-0.2, 0) is 42.4 Å². The summed E-state index contributed by atoms with van der Waals surface area (Å²) in [5.41, 5.74) is 6.44. The summed E-state index contributed by atoms with van der Waals surface area (Å²) in [6, 6.07) is 4.31. The Kier molecular flexibility index (Phi) is 9.97. The lowest BCUT2D eigenvalue weighted by Crippen LogP contribution is -2.71. The largest absolute Gasteiger partial charge is 0.503 e. The van der Waals surface area contributed by atoms with E-state index in [-0.39, 0.29) is 28.0 Å². The lowest BCUT2D eigenvalue weighted by molar-refractivity contribution is -0.925. The molecular weight excluding hydrogens is 723 g/mol. The molecule has 1 aromatic carbocycles. The highest BCUT2D eigenvalue weighted by Gasteiger charge is 2.55. The van der Waals surface area contributed by atoms with Crippen molar-refractivity contribution >= 4 is 74.6 Å². The zero-order chi connectivity index (χ0) is 37.5. The highest BCUT2D eigenvalue weighted by atomic mass is 32.2. The van der Waals surface area contributed by atoms with Crippen LogP contribution in [0.3, 0.4) is 0 Å². The van der Waals surface area contributed by atoms with Gasteiger partial charge in [-0.1, -0.05) is 11.2 Å². The maximum absolute atomic E-state index is 13.5. The van der Waals surface area contributed by atoms with Crippen molar-refractivity contribution in [3.63, 3.8) is 0 Å². The molecule has 6 rings (SSSR count). The van der Waals surface area contributed by atoms with E-state index in [4.69, 9.17) is 15.7 Å². The van der Waals surface area contributed by atoms with Gasteiger partial charge in [0.2, 0.25) is 11.5 Å². The third kappa shape index (κ3) is 7.03. The number of aromatic nitrogens is 2. The fourth-order valence-corrected chi connectivity index (χ4v) is 8.73. The number of nitrogens with one attached hydrogen (secondary N) is 1. The summed E-state index contributed by atoms with van der Waals surface area (Å²) in [5, 5.41) is 45.9. The number of aryl methyl sites for hydroxylation is 1. The number of aromatic hydroxyl groups is 1. The minimum Gasteiger partial charge on any atom is -0.503 e. The number of anilines is 1. The van der Waals surface area contributed by atoms with Gasteiger partial charge in [-0.15, -0.1) is 23.1 Å². The summed E-state index contributed by atoms with van der Waals surface area (Å²) in [4.78, 5) is 85.0. The molecule has 2 fully saturated rings. The third-order valence-electron chi connectivity index (χ3n) is 9.22. The van der Waals surface area contributed by atoms with E-state index in [0.29, 0.717) is 34.0 Å². The third-order valence-corrected chi connectivity index (χ3v) is 11.2. The molecule has 0 unspecified atom stereocenters. The Hall–Kier alpha value is -5.47. The van der Waals surface area contributed by atoms with E-state index in [2.05, 4.69) is 15.5 Å². The molecule has 0 radical (unpaired) electrons. The van der Waals surface area contributed by atoms with Crippen LogP contribution in [0.15, 0.2) is 51.0 Å². The van der Waals surface area contributed by atoms with E-state index in [0.717, 1.165) is 47.7 Å². The Balaban J connectivity index is 1.23. The monoisotopic (exact) mass is 756 g/mol. The van der Waals surface area contributed by atoms with Crippen molar-refractivity contribution in [1.29, 1.82) is 0 Å². The number of likely N-dealkylation sites (tertiary alicyclic amines) is 1. The van der Waals surface area contributed by atoms with Crippen molar-refractivity contribution in [1.82, 2.24) is 19.8 Å². The van der Waals surface area contributed by atoms with Crippen molar-refractivity contribution in [2.75, 3.05) is 31.1 Å². The molecule has 18 nitrogen and oxygen atoms in total. The lowest BCUT2D eigenvalue weighted by atomic mass is 10.0. The molecule has 0 saturated carbocycles. The van der Waals surface area contributed by atoms with Gasteiger partial charge < -0.3 is 45.4 Å². The van der Waals surface area contributed by atoms with Crippen LogP contribution >= 0.6 is 23.1 Å². The number of pyridine rings is 1. The molecule has 7 N–H and O–H groups in total. The molecule has 274 valence electrons. The molecule has 20 heteroatoms. The van der Waals surface area contributed by atoms with Gasteiger partial charge in [-0.2, -0.15) is 0 Å². The number of carbonyl (C=O) groups excluding carboxylic acids is 2. The fourth-order valence-electron chi connectivity index (χ4n) is 6.85. The number of thioether (sulfide) groups is 1. The maximum Gasteiger partial charge on any atom is 0.352 e. The van der Waals surface area contributed by atoms with Gasteiger partial charge in [0.05, 0.1) is 36.6 Å². The first-order valence-corrected chi connectivity index (χ1v) is 17.9. The van der Waals surface area contributed by atoms with E-state index < -0.39 is 64.8 Å². The van der Waals surface area contributed by atoms with Gasteiger partial charge >= 0.3 is 17.9 Å². The number of quaternary nitrogens is 1. The quantitative estimate of drug-likeness (QED) is 0.0600. The van der Waals surface area contributed by atoms with E-state index in [1.165, 1.54) is 23.3 Å². The molecule has 52 heavy (non-hydrogen) atoms. The number of nitrogens with zero attached hydrogens (tertiary/aromatic N) is 5. The van der Waals surface area contributed by atoms with Crippen LogP contribution in [0.1, 0.15) is 30.5 Å². The standard InChI is InChI=1S/C32H33N7O11S2/c1-37-10-20(40)26(43)17-8-15(4-5-19(17)37)11-39(6-2-3-7-39)12-16-13-51-29-24(28(45)38(29)25(16)31(48)49)35-27(44)23(18-14-52-32(33)34-18)36-50-21(30(46)47)9-22(41)42/h4-5,8,10,14,21,24,29H,2-3,6-7,9,11-13H2,1H3,(H6-,33,34,35,40,41,42,44,46,47,48,49)/p+1/t21-,24+,29+/m0/s1. The predicted molar refractivity (Wildman–Crippen MR) is 186 cm³/mol. The van der Waals surface area contributed by atoms with Crippen LogP contribution in [-0.4, -0.2) is 118 Å². The predicted octanol–water partition coefficient (Wildman–Crippen LogP) is 0.481. The normalized spacial score (nSPS) is 20.3. The number of amides is 2. The van der Waals surface area contributed by atoms with Gasteiger partial charge in [-0.3, -0.25) is 24.1 Å². The maximum atomic E-state index is 13.5. The van der Waals surface area contributed by atoms with E-state index in [1.807, 2.05) is 12.1 Å². The van der Waals surface area contributed by atoms with Gasteiger partial charge in [0.1, 0.15) is 35.9 Å². The number of fused-ring (bicyclic) bond motifs is 2. The van der Waals surface area contributed by atoms with E-state index in [1.54, 1.807) is 17.7 Å². The average molecular weight is 757 g/mol. The van der Waals surface area contributed by atoms with Gasteiger partial charge in [-0.05, 0) is 12.1 Å². The minimum absolute atomic E-state index is 0.0379. The number of carboxylic acid groups (broad SMARTS) is 3. The summed E-state index contributed by atoms with van der Waals surface area (Å²) >= 11 is 2.21. The van der Waals surface area contributed by atoms with Gasteiger partial charge in [-0.25, -0.2) is 14.6 Å². The molecule has 2 amide bonds. The summed E-state index contributed by atoms with van der Waals surface area (Å²) < 4.78 is 2.17. The Bertz CT molecular complexity index is 2120. The second-order valence-electron chi connectivity index (χ2n) is 12.8. The minimum atomic E-state index is -1.93. The summed E-state index contributed by atoms with van der Waals surface area (Å²) in [5.74, 6) is -6.23. The number of aliphatic carboxylic acids is 3. The highest BCUT2D eigenvalue weighted by molar-refractivity contribution is 8.00. The Morgan fingerprint density at radius 1 is 1.15 bits per heavy atom. The SMILES string of the molecule is Cn1cc(O)c(=O)c2cc(C[N+]3(CC4=C(C(=O)O)N5C(=O)[C@@H](NC(=O)C(=NO[C@@H](CC(=O)O)C(=O)O)c6csc(N)n6)[C@H]5SC4)CCCC3)ccc21. The summed E-state index contributed by atoms with van der Waals surface area (Å²) in [6.07, 6.45) is 0.275. The topological polar surface area (TPSA) is 264 Å². The van der Waals surface area contributed by atoms with Crippen molar-refractivity contribution in [3.8, 4) is 5.75 Å². The van der Waals surface area contributed by atoms with Crippen LogP contribution in [0, 0.1) is 0 Å². The Morgan fingerprint density at radius 3 is 2.52 bits per heavy atom. The number of nitrogen functional groups attached to an aromatic ring is 1. The first-order valence-electron chi connectivity index (χ1n) is 15.9. The van der Waals surface area contributed by atoms with E-state index in [9.17, 15) is 44.1 Å². The highest BCUT2D eigenvalue weighted by Crippen LogP contribution is 2.42. The molecule has 0 spiro atoms. The number of benzene rings is 1. The van der Waals surface area contributed by atoms with Crippen LogP contribution in [0.5, 0.6) is 5.75 Å². The number of hydrogen-bond donors (Lipinski definition) is 6. The average Bonchev–Trinajstić information content (AvgIpc) is 3.73. The van der Waals surface area contributed by atoms with Crippen LogP contribution in [0.2, 0.25) is 0 Å². The van der Waals surface area contributed by atoms with Crippen LogP contribution in [0.4, 0.5) is 5.13 Å². The number of hydrogen-bond acceptors (Lipinski definition) is 13. The molecule has 0 bridgehead atoms. The lowest BCUT2D eigenvalue weighted by Gasteiger charge is -2.50. The second-order valence-corrected chi connectivity index (χ2v) is 14.8. The molecule has 5 heterocycles. The molecule has 2 saturated heterocycles. The second kappa shape index (κ2) is 14.3. The van der Waals surface area contributed by atoms with Crippen molar-refractivity contribution in [3.05, 3.63) is 62.5 Å². The molecule has 0 aliphatic carbocycles. The summed E-state index contributed by atoms with van der Waals surface area (Å²) in [7, 11) is 1.73. The van der Waals surface area contributed by atoms with Gasteiger partial charge in [0.15, 0.2) is 16.6 Å². The zero-order valence-electron chi connectivity index (χ0n) is 27.6. The van der Waals surface area contributed by atoms with Crippen molar-refractivity contribution in [2.45, 2.75) is 43.3 Å². The number of carboxylic acids is 3. The molecule has 3 aliphatic heterocycles. The fraction of sp³-hybridized carbons (Fsp3) is 0.375. The number of β-lactam (4-membered cyclic amide) rings is 1. The first-order chi connectivity index (χ1) is 24.7. The van der Waals surface area contributed by atoms with Crippen molar-refractivity contribution in [2.24, 2.45) is 12.2 Å². The van der Waals surface area contributed by atoms with E-state index >= 15 is 0 Å². The smallest absolute Gasteiger partial charge is 0.352 e. The van der Waals surface area contributed by atoms with Crippen molar-refractivity contribution < 1.29 is 53.7 Å². The molecule has 3 aliphatic rings. The number of carbonyl (C=O) groups is 5. The number of nitrogens with two attached hydrogens (primary N) is 1. The molecular formula is C32H34N7O11S2+. The molecule has 3 atom stereocenters. The van der Waals surface area contributed by atoms with Crippen LogP contribution in [0.25, 0.3) is 10.9 Å². The Labute approximate surface area is 302 Å². The zero-order valence-corrected chi connectivity index (χ0v) is 29.2. The molecule has 2 aromatic heterocycles. The number of rotatable bonds is 13. The first kappa shape index (κ1) is 36.3. The summed E-state index contributed by atoms with van der Waals surface area (Å²) in [6.45, 7) is 2.31.